The van der Waals surface area contributed by atoms with Gasteiger partial charge in [-0.2, -0.15) is 0 Å². The Morgan fingerprint density at radius 3 is 1.80 bits per heavy atom. The Labute approximate surface area is 62.8 Å². The van der Waals surface area contributed by atoms with E-state index in [1.807, 2.05) is 0 Å². The summed E-state index contributed by atoms with van der Waals surface area (Å²) in [5.41, 5.74) is 0. The van der Waals surface area contributed by atoms with E-state index >= 15 is 0 Å². The molecule has 0 heterocycles. The molecule has 58 valence electrons. The van der Waals surface area contributed by atoms with E-state index < -0.39 is 0 Å². The molecule has 1 aliphatic carbocycles. The monoisotopic (exact) mass is 140 g/mol. The second kappa shape index (κ2) is 2.73. The molecule has 2 unspecified atom stereocenters. The summed E-state index contributed by atoms with van der Waals surface area (Å²) in [5.74, 6) is 2.28. The Kier molecular flexibility index (Phi) is 2.12. The molecule has 2 atom stereocenters. The molecule has 0 N–H and O–H groups in total. The smallest absolute Gasteiger partial charge is 0.132 e. The van der Waals surface area contributed by atoms with Crippen LogP contribution in [0.2, 0.25) is 0 Å². The SMILES string of the molecule is CC(=O)C1CC(C)C(C)C1. The second-order valence-corrected chi connectivity index (χ2v) is 3.73. The molecular formula is C9H16O. The van der Waals surface area contributed by atoms with Crippen LogP contribution in [0.25, 0.3) is 0 Å². The lowest BCUT2D eigenvalue weighted by molar-refractivity contribution is -0.120. The van der Waals surface area contributed by atoms with E-state index in [0.717, 1.165) is 24.7 Å². The van der Waals surface area contributed by atoms with Gasteiger partial charge in [0.1, 0.15) is 5.78 Å². The topological polar surface area (TPSA) is 17.1 Å². The molecule has 0 spiro atoms. The molecule has 1 heteroatoms. The molecule has 0 radical (unpaired) electrons. The van der Waals surface area contributed by atoms with Gasteiger partial charge in [-0.25, -0.2) is 0 Å². The maximum absolute atomic E-state index is 10.9. The molecule has 1 rings (SSSR count). The molecule has 0 amide bonds. The lowest BCUT2D eigenvalue weighted by atomic mass is 10.0. The highest BCUT2D eigenvalue weighted by molar-refractivity contribution is 5.78. The highest BCUT2D eigenvalue weighted by Crippen LogP contribution is 2.35. The van der Waals surface area contributed by atoms with Crippen LogP contribution in [-0.2, 0) is 4.79 Å². The van der Waals surface area contributed by atoms with E-state index in [2.05, 4.69) is 13.8 Å². The van der Waals surface area contributed by atoms with Crippen LogP contribution in [0.1, 0.15) is 33.6 Å². The van der Waals surface area contributed by atoms with E-state index in [1.54, 1.807) is 6.92 Å². The molecule has 10 heavy (non-hydrogen) atoms. The maximum Gasteiger partial charge on any atom is 0.132 e. The second-order valence-electron chi connectivity index (χ2n) is 3.73. The molecule has 1 saturated carbocycles. The Morgan fingerprint density at radius 1 is 1.20 bits per heavy atom. The molecule has 0 aromatic heterocycles. The third kappa shape index (κ3) is 1.39. The molecule has 1 fully saturated rings. The van der Waals surface area contributed by atoms with E-state index in [0.29, 0.717) is 11.7 Å². The van der Waals surface area contributed by atoms with Crippen LogP contribution in [0.15, 0.2) is 0 Å². The first kappa shape index (κ1) is 7.77. The lowest BCUT2D eigenvalue weighted by Gasteiger charge is -2.04. The fourth-order valence-corrected chi connectivity index (χ4v) is 1.79. The summed E-state index contributed by atoms with van der Waals surface area (Å²) in [5, 5.41) is 0. The zero-order valence-electron chi connectivity index (χ0n) is 7.05. The van der Waals surface area contributed by atoms with Crippen molar-refractivity contribution in [3.05, 3.63) is 0 Å². The van der Waals surface area contributed by atoms with E-state index in [4.69, 9.17) is 0 Å². The van der Waals surface area contributed by atoms with E-state index in [9.17, 15) is 4.79 Å². The number of hydrogen-bond donors (Lipinski definition) is 0. The average molecular weight is 140 g/mol. The Bertz CT molecular complexity index is 130. The summed E-state index contributed by atoms with van der Waals surface area (Å²) in [4.78, 5) is 10.9. The summed E-state index contributed by atoms with van der Waals surface area (Å²) in [7, 11) is 0. The summed E-state index contributed by atoms with van der Waals surface area (Å²) >= 11 is 0. The Morgan fingerprint density at radius 2 is 1.60 bits per heavy atom. The van der Waals surface area contributed by atoms with Gasteiger partial charge in [-0.3, -0.25) is 4.79 Å². The Hall–Kier alpha value is -0.330. The van der Waals surface area contributed by atoms with Crippen LogP contribution in [0.4, 0.5) is 0 Å². The highest BCUT2D eigenvalue weighted by Gasteiger charge is 2.30. The fourth-order valence-electron chi connectivity index (χ4n) is 1.79. The molecule has 0 saturated heterocycles. The minimum Gasteiger partial charge on any atom is -0.300 e. The Balaban J connectivity index is 2.49. The fraction of sp³-hybridized carbons (Fsp3) is 0.889. The van der Waals surface area contributed by atoms with Crippen LogP contribution in [0.5, 0.6) is 0 Å². The van der Waals surface area contributed by atoms with Crippen LogP contribution in [0, 0.1) is 17.8 Å². The van der Waals surface area contributed by atoms with Gasteiger partial charge in [-0.05, 0) is 31.6 Å². The standard InChI is InChI=1S/C9H16O/c1-6-4-9(8(3)10)5-7(6)2/h6-7,9H,4-5H2,1-3H3. The predicted molar refractivity (Wildman–Crippen MR) is 41.7 cm³/mol. The lowest BCUT2D eigenvalue weighted by Crippen LogP contribution is -2.05. The summed E-state index contributed by atoms with van der Waals surface area (Å²) in [6.07, 6.45) is 2.24. The number of rotatable bonds is 1. The average Bonchev–Trinajstić information content (AvgIpc) is 2.13. The summed E-state index contributed by atoms with van der Waals surface area (Å²) in [6.45, 7) is 6.20. The van der Waals surface area contributed by atoms with Crippen LogP contribution < -0.4 is 0 Å². The van der Waals surface area contributed by atoms with Gasteiger partial charge in [0, 0.05) is 5.92 Å². The number of carbonyl (C=O) groups excluding carboxylic acids is 1. The van der Waals surface area contributed by atoms with Gasteiger partial charge in [0.25, 0.3) is 0 Å². The zero-order valence-corrected chi connectivity index (χ0v) is 7.05. The number of ketones is 1. The van der Waals surface area contributed by atoms with Crippen molar-refractivity contribution in [2.24, 2.45) is 17.8 Å². The zero-order chi connectivity index (χ0) is 7.72. The molecule has 1 nitrogen and oxygen atoms in total. The molecule has 0 bridgehead atoms. The van der Waals surface area contributed by atoms with Gasteiger partial charge in [0.2, 0.25) is 0 Å². The van der Waals surface area contributed by atoms with Crippen molar-refractivity contribution in [2.45, 2.75) is 33.6 Å². The maximum atomic E-state index is 10.9. The minimum absolute atomic E-state index is 0.380. The van der Waals surface area contributed by atoms with Crippen molar-refractivity contribution < 1.29 is 4.79 Å². The highest BCUT2D eigenvalue weighted by atomic mass is 16.1. The third-order valence-corrected chi connectivity index (χ3v) is 2.86. The molecule has 0 aromatic carbocycles. The third-order valence-electron chi connectivity index (χ3n) is 2.86. The van der Waals surface area contributed by atoms with Crippen molar-refractivity contribution in [2.75, 3.05) is 0 Å². The van der Waals surface area contributed by atoms with Gasteiger partial charge in [0.15, 0.2) is 0 Å². The largest absolute Gasteiger partial charge is 0.300 e. The number of hydrogen-bond acceptors (Lipinski definition) is 1. The quantitative estimate of drug-likeness (QED) is 0.546. The first-order chi connectivity index (χ1) is 4.61. The molecule has 0 aromatic rings. The van der Waals surface area contributed by atoms with Gasteiger partial charge in [0.05, 0.1) is 0 Å². The van der Waals surface area contributed by atoms with Crippen molar-refractivity contribution >= 4 is 5.78 Å². The van der Waals surface area contributed by atoms with Gasteiger partial charge in [-0.15, -0.1) is 0 Å². The van der Waals surface area contributed by atoms with Gasteiger partial charge >= 0.3 is 0 Å². The minimum atomic E-state index is 0.380. The number of Topliss-reactive ketones (excluding diaryl/α,β-unsaturated/α-hetero) is 1. The van der Waals surface area contributed by atoms with Crippen molar-refractivity contribution in [1.29, 1.82) is 0 Å². The van der Waals surface area contributed by atoms with E-state index in [1.165, 1.54) is 0 Å². The van der Waals surface area contributed by atoms with Crippen LogP contribution >= 0.6 is 0 Å². The summed E-state index contributed by atoms with van der Waals surface area (Å²) < 4.78 is 0. The number of carbonyl (C=O) groups is 1. The van der Waals surface area contributed by atoms with Crippen LogP contribution in [-0.4, -0.2) is 5.78 Å². The molecule has 1 aliphatic rings. The predicted octanol–water partition coefficient (Wildman–Crippen LogP) is 2.26. The van der Waals surface area contributed by atoms with E-state index in [-0.39, 0.29) is 0 Å². The van der Waals surface area contributed by atoms with Crippen molar-refractivity contribution in [1.82, 2.24) is 0 Å². The van der Waals surface area contributed by atoms with Crippen LogP contribution in [0.3, 0.4) is 0 Å². The first-order valence-corrected chi connectivity index (χ1v) is 4.11. The van der Waals surface area contributed by atoms with Gasteiger partial charge < -0.3 is 0 Å². The normalized spacial score (nSPS) is 40.1. The molecular weight excluding hydrogens is 124 g/mol. The molecule has 0 aliphatic heterocycles. The van der Waals surface area contributed by atoms with Gasteiger partial charge in [-0.1, -0.05) is 13.8 Å². The summed E-state index contributed by atoms with van der Waals surface area (Å²) in [6, 6.07) is 0. The van der Waals surface area contributed by atoms with Crippen molar-refractivity contribution in [3.8, 4) is 0 Å². The van der Waals surface area contributed by atoms with Crippen molar-refractivity contribution in [3.63, 3.8) is 0 Å². The first-order valence-electron chi connectivity index (χ1n) is 4.11.